The third-order valence-electron chi connectivity index (χ3n) is 5.63. The number of hydrogen-bond donors (Lipinski definition) is 2. The Morgan fingerprint density at radius 1 is 1.23 bits per heavy atom. The van der Waals surface area contributed by atoms with Crippen molar-refractivity contribution >= 4 is 52.2 Å². The average Bonchev–Trinajstić information content (AvgIpc) is 2.89. The SMILES string of the molecule is CC1CC=C(SCCCCCCC(=O)NO)N(C)c2ccc(N(CCCl)CCCl)cc21. The summed E-state index contributed by atoms with van der Waals surface area (Å²) < 4.78 is 0. The van der Waals surface area contributed by atoms with E-state index in [-0.39, 0.29) is 5.91 Å². The minimum Gasteiger partial charge on any atom is -0.369 e. The maximum absolute atomic E-state index is 11.0. The zero-order valence-electron chi connectivity index (χ0n) is 18.6. The summed E-state index contributed by atoms with van der Waals surface area (Å²) in [4.78, 5) is 15.6. The number of amides is 1. The van der Waals surface area contributed by atoms with Crippen molar-refractivity contribution in [2.75, 3.05) is 47.4 Å². The van der Waals surface area contributed by atoms with E-state index < -0.39 is 0 Å². The van der Waals surface area contributed by atoms with Gasteiger partial charge in [-0.25, -0.2) is 5.48 Å². The van der Waals surface area contributed by atoms with E-state index >= 15 is 0 Å². The molecular weight excluding hydrogens is 453 g/mol. The first-order chi connectivity index (χ1) is 15.0. The fraction of sp³-hybridized carbons (Fsp3) is 0.609. The van der Waals surface area contributed by atoms with Crippen LogP contribution in [0, 0.1) is 0 Å². The van der Waals surface area contributed by atoms with Crippen LogP contribution < -0.4 is 15.3 Å². The van der Waals surface area contributed by atoms with Gasteiger partial charge in [0.25, 0.3) is 0 Å². The Balaban J connectivity index is 1.95. The third-order valence-corrected chi connectivity index (χ3v) is 7.19. The summed E-state index contributed by atoms with van der Waals surface area (Å²) in [5.41, 5.74) is 5.50. The number of unbranched alkanes of at least 4 members (excludes halogenated alkanes) is 3. The molecule has 8 heteroatoms. The highest BCUT2D eigenvalue weighted by molar-refractivity contribution is 8.03. The molecule has 0 saturated heterocycles. The Hall–Kier alpha value is -1.08. The van der Waals surface area contributed by atoms with Crippen LogP contribution in [0.1, 0.15) is 56.9 Å². The number of nitrogens with one attached hydrogen (secondary N) is 1. The van der Waals surface area contributed by atoms with Crippen LogP contribution in [0.5, 0.6) is 0 Å². The molecule has 0 radical (unpaired) electrons. The molecular formula is C23H35Cl2N3O2S. The van der Waals surface area contributed by atoms with E-state index in [0.29, 0.717) is 24.1 Å². The molecule has 1 aliphatic rings. The maximum Gasteiger partial charge on any atom is 0.243 e. The van der Waals surface area contributed by atoms with Gasteiger partial charge in [0.2, 0.25) is 5.91 Å². The van der Waals surface area contributed by atoms with Crippen LogP contribution in [0.15, 0.2) is 29.3 Å². The molecule has 0 aromatic heterocycles. The normalized spacial score (nSPS) is 15.8. The quantitative estimate of drug-likeness (QED) is 0.156. The van der Waals surface area contributed by atoms with Gasteiger partial charge >= 0.3 is 0 Å². The number of halogens is 2. The van der Waals surface area contributed by atoms with Crippen LogP contribution in [0.2, 0.25) is 0 Å². The summed E-state index contributed by atoms with van der Waals surface area (Å²) in [6, 6.07) is 6.71. The van der Waals surface area contributed by atoms with Gasteiger partial charge in [0.15, 0.2) is 0 Å². The van der Waals surface area contributed by atoms with Crippen molar-refractivity contribution < 1.29 is 10.0 Å². The van der Waals surface area contributed by atoms with E-state index in [1.54, 1.807) is 5.48 Å². The second kappa shape index (κ2) is 14.1. The number of carbonyl (C=O) groups is 1. The molecule has 1 aromatic rings. The number of fused-ring (bicyclic) bond motifs is 1. The lowest BCUT2D eigenvalue weighted by molar-refractivity contribution is -0.129. The van der Waals surface area contributed by atoms with Gasteiger partial charge in [-0.05, 0) is 54.7 Å². The summed E-state index contributed by atoms with van der Waals surface area (Å²) in [5.74, 6) is 2.37. The molecule has 0 aliphatic carbocycles. The number of thioether (sulfide) groups is 1. The number of rotatable bonds is 13. The standard InChI is InChI=1S/C23H35Cl2N3O2S/c1-18-8-11-23(31-16-6-4-3-5-7-22(29)26-30)27(2)21-10-9-19(17-20(18)21)28(14-12-24)15-13-25/h9-11,17-18,30H,3-8,12-16H2,1-2H3,(H,26,29). The summed E-state index contributed by atoms with van der Waals surface area (Å²) in [6.07, 6.45) is 7.80. The highest BCUT2D eigenvalue weighted by Crippen LogP contribution is 2.40. The molecule has 1 unspecified atom stereocenters. The first kappa shape index (κ1) is 26.2. The fourth-order valence-corrected chi connectivity index (χ4v) is 5.27. The molecule has 174 valence electrons. The van der Waals surface area contributed by atoms with E-state index in [9.17, 15) is 4.79 Å². The maximum atomic E-state index is 11.0. The smallest absolute Gasteiger partial charge is 0.243 e. The van der Waals surface area contributed by atoms with Crippen LogP contribution in [0.3, 0.4) is 0 Å². The van der Waals surface area contributed by atoms with Gasteiger partial charge in [0.1, 0.15) is 0 Å². The third kappa shape index (κ3) is 8.08. The monoisotopic (exact) mass is 487 g/mol. The number of alkyl halides is 2. The molecule has 2 N–H and O–H groups in total. The van der Waals surface area contributed by atoms with Crippen LogP contribution in [-0.2, 0) is 4.79 Å². The minimum absolute atomic E-state index is 0.302. The van der Waals surface area contributed by atoms with Crippen molar-refractivity contribution in [1.29, 1.82) is 0 Å². The van der Waals surface area contributed by atoms with Crippen LogP contribution in [0.25, 0.3) is 0 Å². The molecule has 5 nitrogen and oxygen atoms in total. The van der Waals surface area contributed by atoms with Crippen molar-refractivity contribution in [3.05, 3.63) is 34.9 Å². The topological polar surface area (TPSA) is 55.8 Å². The first-order valence-electron chi connectivity index (χ1n) is 11.0. The molecule has 0 saturated carbocycles. The highest BCUT2D eigenvalue weighted by Gasteiger charge is 2.21. The van der Waals surface area contributed by atoms with Gasteiger partial charge in [0.05, 0.1) is 5.03 Å². The van der Waals surface area contributed by atoms with Crippen molar-refractivity contribution in [3.8, 4) is 0 Å². The Morgan fingerprint density at radius 2 is 1.94 bits per heavy atom. The van der Waals surface area contributed by atoms with Crippen molar-refractivity contribution in [2.24, 2.45) is 0 Å². The van der Waals surface area contributed by atoms with Crippen molar-refractivity contribution in [3.63, 3.8) is 0 Å². The summed E-state index contributed by atoms with van der Waals surface area (Å²) in [5, 5.41) is 9.82. The van der Waals surface area contributed by atoms with Gasteiger partial charge in [-0.2, -0.15) is 0 Å². The number of hydroxylamine groups is 1. The lowest BCUT2D eigenvalue weighted by Gasteiger charge is -2.28. The molecule has 1 heterocycles. The van der Waals surface area contributed by atoms with E-state index in [0.717, 1.165) is 50.9 Å². The molecule has 31 heavy (non-hydrogen) atoms. The molecule has 1 aliphatic heterocycles. The Labute approximate surface area is 201 Å². The number of carbonyl (C=O) groups excluding carboxylic acids is 1. The van der Waals surface area contributed by atoms with Gasteiger partial charge in [-0.3, -0.25) is 10.0 Å². The Bertz CT molecular complexity index is 727. The summed E-state index contributed by atoms with van der Waals surface area (Å²) >= 11 is 13.9. The number of anilines is 2. The number of benzene rings is 1. The molecule has 0 bridgehead atoms. The molecule has 1 amide bonds. The van der Waals surface area contributed by atoms with Gasteiger partial charge in [-0.1, -0.05) is 25.8 Å². The zero-order valence-corrected chi connectivity index (χ0v) is 20.9. The van der Waals surface area contributed by atoms with Crippen molar-refractivity contribution in [2.45, 2.75) is 51.4 Å². The minimum atomic E-state index is -0.302. The lowest BCUT2D eigenvalue weighted by Crippen LogP contribution is -2.28. The highest BCUT2D eigenvalue weighted by atomic mass is 35.5. The predicted molar refractivity (Wildman–Crippen MR) is 135 cm³/mol. The van der Waals surface area contributed by atoms with E-state index in [1.165, 1.54) is 22.0 Å². The van der Waals surface area contributed by atoms with Crippen LogP contribution in [-0.4, -0.2) is 48.8 Å². The molecule has 1 aromatic carbocycles. The number of nitrogens with zero attached hydrogens (tertiary/aromatic N) is 2. The average molecular weight is 489 g/mol. The van der Waals surface area contributed by atoms with E-state index in [4.69, 9.17) is 28.4 Å². The first-order valence-corrected chi connectivity index (χ1v) is 13.1. The van der Waals surface area contributed by atoms with Crippen molar-refractivity contribution in [1.82, 2.24) is 5.48 Å². The zero-order chi connectivity index (χ0) is 22.6. The fourth-order valence-electron chi connectivity index (χ4n) is 3.80. The van der Waals surface area contributed by atoms with E-state index in [1.807, 2.05) is 11.8 Å². The van der Waals surface area contributed by atoms with Gasteiger partial charge < -0.3 is 9.80 Å². The molecule has 2 rings (SSSR count). The second-order valence-corrected chi connectivity index (χ2v) is 9.77. The van der Waals surface area contributed by atoms with Gasteiger partial charge in [0, 0.05) is 49.7 Å². The molecule has 0 spiro atoms. The van der Waals surface area contributed by atoms with Gasteiger partial charge in [-0.15, -0.1) is 35.0 Å². The van der Waals surface area contributed by atoms with Crippen LogP contribution >= 0.6 is 35.0 Å². The predicted octanol–water partition coefficient (Wildman–Crippen LogP) is 5.94. The van der Waals surface area contributed by atoms with Crippen LogP contribution in [0.4, 0.5) is 11.4 Å². The molecule has 0 fully saturated rings. The largest absolute Gasteiger partial charge is 0.369 e. The second-order valence-electron chi connectivity index (χ2n) is 7.89. The Morgan fingerprint density at radius 3 is 2.61 bits per heavy atom. The summed E-state index contributed by atoms with van der Waals surface area (Å²) in [7, 11) is 2.15. The number of allylic oxidation sites excluding steroid dienone is 1. The number of hydrogen-bond acceptors (Lipinski definition) is 5. The summed E-state index contributed by atoms with van der Waals surface area (Å²) in [6.45, 7) is 3.87. The lowest BCUT2D eigenvalue weighted by atomic mass is 9.96. The Kier molecular flexibility index (Phi) is 11.9. The molecule has 1 atom stereocenters. The van der Waals surface area contributed by atoms with E-state index in [2.05, 4.69) is 48.0 Å².